The van der Waals surface area contributed by atoms with E-state index in [1.54, 1.807) is 6.07 Å². The highest BCUT2D eigenvalue weighted by molar-refractivity contribution is 6.32. The zero-order valence-electron chi connectivity index (χ0n) is 10.4. The highest BCUT2D eigenvalue weighted by Crippen LogP contribution is 2.28. The minimum atomic E-state index is 0.201. The molecule has 0 saturated heterocycles. The van der Waals surface area contributed by atoms with Crippen molar-refractivity contribution < 1.29 is 5.11 Å². The Kier molecular flexibility index (Phi) is 4.63. The number of hydrogen-bond donors (Lipinski definition) is 1. The zero-order chi connectivity index (χ0) is 12.3. The Hall–Kier alpha value is -0.730. The fourth-order valence-corrected chi connectivity index (χ4v) is 1.80. The normalized spacial score (nSPS) is 13.4. The number of aromatic hydroxyl groups is 1. The molecule has 0 spiro atoms. The van der Waals surface area contributed by atoms with Crippen molar-refractivity contribution in [2.24, 2.45) is 5.92 Å². The summed E-state index contributed by atoms with van der Waals surface area (Å²) in [5.74, 6) is 0.790. The second kappa shape index (κ2) is 5.55. The smallest absolute Gasteiger partial charge is 0.138 e. The summed E-state index contributed by atoms with van der Waals surface area (Å²) in [5.41, 5.74) is 0.877. The monoisotopic (exact) mass is 241 g/mol. The Morgan fingerprint density at radius 2 is 1.94 bits per heavy atom. The lowest BCUT2D eigenvalue weighted by Gasteiger charge is -2.28. The summed E-state index contributed by atoms with van der Waals surface area (Å²) < 4.78 is 0. The number of hydrogen-bond acceptors (Lipinski definition) is 2. The van der Waals surface area contributed by atoms with Gasteiger partial charge in [-0.15, -0.1) is 0 Å². The molecule has 0 fully saturated rings. The Bertz CT molecular complexity index is 352. The van der Waals surface area contributed by atoms with Crippen molar-refractivity contribution in [3.05, 3.63) is 28.8 Å². The van der Waals surface area contributed by atoms with E-state index in [2.05, 4.69) is 32.7 Å². The molecular formula is C13H20ClNO. The van der Waals surface area contributed by atoms with E-state index in [9.17, 15) is 5.11 Å². The van der Waals surface area contributed by atoms with E-state index >= 15 is 0 Å². The van der Waals surface area contributed by atoms with Crippen LogP contribution in [0.25, 0.3) is 0 Å². The Morgan fingerprint density at radius 3 is 2.50 bits per heavy atom. The van der Waals surface area contributed by atoms with Gasteiger partial charge < -0.3 is 5.11 Å². The second-order valence-corrected chi connectivity index (χ2v) is 5.05. The number of rotatable bonds is 4. The minimum Gasteiger partial charge on any atom is -0.506 e. The second-order valence-electron chi connectivity index (χ2n) is 4.65. The van der Waals surface area contributed by atoms with Gasteiger partial charge in [-0.3, -0.25) is 4.90 Å². The first kappa shape index (κ1) is 13.3. The summed E-state index contributed by atoms with van der Waals surface area (Å²) in [7, 11) is 2.06. The maximum Gasteiger partial charge on any atom is 0.138 e. The third-order valence-corrected chi connectivity index (χ3v) is 3.46. The van der Waals surface area contributed by atoms with Crippen LogP contribution in [0.4, 0.5) is 0 Å². The van der Waals surface area contributed by atoms with Crippen molar-refractivity contribution in [1.29, 1.82) is 0 Å². The topological polar surface area (TPSA) is 23.5 Å². The average Bonchev–Trinajstić information content (AvgIpc) is 2.23. The van der Waals surface area contributed by atoms with Crippen LogP contribution in [-0.2, 0) is 6.54 Å². The predicted octanol–water partition coefficient (Wildman–Crippen LogP) is 3.52. The number of phenols is 1. The van der Waals surface area contributed by atoms with Gasteiger partial charge in [0.25, 0.3) is 0 Å². The van der Waals surface area contributed by atoms with E-state index in [1.807, 2.05) is 12.1 Å². The first-order valence-corrected chi connectivity index (χ1v) is 5.98. The van der Waals surface area contributed by atoms with Crippen LogP contribution < -0.4 is 0 Å². The molecule has 1 aromatic carbocycles. The number of halogens is 1. The maximum atomic E-state index is 9.81. The largest absolute Gasteiger partial charge is 0.506 e. The van der Waals surface area contributed by atoms with Gasteiger partial charge in [-0.1, -0.05) is 37.6 Å². The molecule has 0 bridgehead atoms. The van der Waals surface area contributed by atoms with Crippen molar-refractivity contribution in [2.45, 2.75) is 33.4 Å². The molecular weight excluding hydrogens is 222 g/mol. The molecule has 0 saturated carbocycles. The molecule has 0 aliphatic heterocycles. The van der Waals surface area contributed by atoms with Crippen molar-refractivity contribution in [3.63, 3.8) is 0 Å². The van der Waals surface area contributed by atoms with Gasteiger partial charge in [0, 0.05) is 18.2 Å². The molecule has 0 aliphatic carbocycles. The predicted molar refractivity (Wildman–Crippen MR) is 68.9 cm³/mol. The van der Waals surface area contributed by atoms with Gasteiger partial charge in [-0.2, -0.15) is 0 Å². The molecule has 1 unspecified atom stereocenters. The quantitative estimate of drug-likeness (QED) is 0.872. The van der Waals surface area contributed by atoms with Crippen LogP contribution >= 0.6 is 11.6 Å². The third kappa shape index (κ3) is 3.13. The molecule has 0 aromatic heterocycles. The van der Waals surface area contributed by atoms with E-state index < -0.39 is 0 Å². The van der Waals surface area contributed by atoms with Gasteiger partial charge in [-0.05, 0) is 26.0 Å². The van der Waals surface area contributed by atoms with Crippen LogP contribution in [0.15, 0.2) is 18.2 Å². The Labute approximate surface area is 103 Å². The molecule has 0 radical (unpaired) electrons. The summed E-state index contributed by atoms with van der Waals surface area (Å²) in [4.78, 5) is 2.22. The lowest BCUT2D eigenvalue weighted by Crippen LogP contribution is -2.32. The molecule has 0 amide bonds. The molecule has 1 rings (SSSR count). The first-order valence-electron chi connectivity index (χ1n) is 5.60. The summed E-state index contributed by atoms with van der Waals surface area (Å²) in [6.45, 7) is 7.29. The molecule has 1 N–H and O–H groups in total. The van der Waals surface area contributed by atoms with Crippen LogP contribution in [0.1, 0.15) is 26.3 Å². The van der Waals surface area contributed by atoms with Crippen LogP contribution in [-0.4, -0.2) is 23.1 Å². The highest BCUT2D eigenvalue weighted by Gasteiger charge is 2.15. The first-order chi connectivity index (χ1) is 7.43. The molecule has 3 heteroatoms. The van der Waals surface area contributed by atoms with Crippen LogP contribution in [0.3, 0.4) is 0 Å². The van der Waals surface area contributed by atoms with E-state index in [-0.39, 0.29) is 5.75 Å². The number of phenolic OH excluding ortho intramolecular Hbond substituents is 1. The van der Waals surface area contributed by atoms with Crippen LogP contribution in [0.5, 0.6) is 5.75 Å². The Morgan fingerprint density at radius 1 is 1.31 bits per heavy atom. The zero-order valence-corrected chi connectivity index (χ0v) is 11.1. The van der Waals surface area contributed by atoms with Crippen LogP contribution in [0.2, 0.25) is 5.02 Å². The van der Waals surface area contributed by atoms with Gasteiger partial charge in [-0.25, -0.2) is 0 Å². The molecule has 90 valence electrons. The van der Waals surface area contributed by atoms with Crippen molar-refractivity contribution in [3.8, 4) is 5.75 Å². The summed E-state index contributed by atoms with van der Waals surface area (Å²) in [6, 6.07) is 5.95. The molecule has 16 heavy (non-hydrogen) atoms. The molecule has 0 aliphatic rings. The molecule has 1 aromatic rings. The lowest BCUT2D eigenvalue weighted by atomic mass is 10.0. The molecule has 0 heterocycles. The summed E-state index contributed by atoms with van der Waals surface area (Å²) >= 11 is 5.87. The van der Waals surface area contributed by atoms with E-state index in [0.717, 1.165) is 5.56 Å². The maximum absolute atomic E-state index is 9.81. The fourth-order valence-electron chi connectivity index (χ4n) is 1.61. The van der Waals surface area contributed by atoms with E-state index in [0.29, 0.717) is 23.5 Å². The third-order valence-electron chi connectivity index (χ3n) is 3.15. The molecule has 1 atom stereocenters. The van der Waals surface area contributed by atoms with Gasteiger partial charge in [0.2, 0.25) is 0 Å². The summed E-state index contributed by atoms with van der Waals surface area (Å²) in [5, 5.41) is 10.2. The van der Waals surface area contributed by atoms with Gasteiger partial charge in [0.15, 0.2) is 0 Å². The number of benzene rings is 1. The average molecular weight is 242 g/mol. The fraction of sp³-hybridized carbons (Fsp3) is 0.538. The van der Waals surface area contributed by atoms with Gasteiger partial charge in [0.1, 0.15) is 5.75 Å². The van der Waals surface area contributed by atoms with Crippen molar-refractivity contribution in [2.75, 3.05) is 7.05 Å². The molecule has 2 nitrogen and oxygen atoms in total. The standard InChI is InChI=1S/C13H20ClNO/c1-9(2)10(3)15(4)8-11-6-5-7-12(14)13(11)16/h5-7,9-10,16H,8H2,1-4H3. The van der Waals surface area contributed by atoms with E-state index in [4.69, 9.17) is 11.6 Å². The van der Waals surface area contributed by atoms with Crippen LogP contribution in [0, 0.1) is 5.92 Å². The highest BCUT2D eigenvalue weighted by atomic mass is 35.5. The van der Waals surface area contributed by atoms with Gasteiger partial charge >= 0.3 is 0 Å². The number of nitrogens with zero attached hydrogens (tertiary/aromatic N) is 1. The number of para-hydroxylation sites is 1. The minimum absolute atomic E-state index is 0.201. The SMILES string of the molecule is CC(C)C(C)N(C)Cc1cccc(Cl)c1O. The van der Waals surface area contributed by atoms with Gasteiger partial charge in [0.05, 0.1) is 5.02 Å². The van der Waals surface area contributed by atoms with E-state index in [1.165, 1.54) is 0 Å². The van der Waals surface area contributed by atoms with Crippen molar-refractivity contribution >= 4 is 11.6 Å². The summed E-state index contributed by atoms with van der Waals surface area (Å²) in [6.07, 6.45) is 0. The lowest BCUT2D eigenvalue weighted by molar-refractivity contribution is 0.198. The Balaban J connectivity index is 2.77. The van der Waals surface area contributed by atoms with Crippen molar-refractivity contribution in [1.82, 2.24) is 4.90 Å².